The molecule has 0 aliphatic heterocycles. The summed E-state index contributed by atoms with van der Waals surface area (Å²) >= 11 is 3.38. The fourth-order valence-corrected chi connectivity index (χ4v) is 2.08. The van der Waals surface area contributed by atoms with E-state index in [9.17, 15) is 9.59 Å². The third-order valence-electron chi connectivity index (χ3n) is 3.10. The maximum Gasteiger partial charge on any atom is 0.326 e. The van der Waals surface area contributed by atoms with Gasteiger partial charge in [0.25, 0.3) is 0 Å². The number of rotatable bonds is 6. The van der Waals surface area contributed by atoms with Gasteiger partial charge in [0.2, 0.25) is 5.91 Å². The molecule has 0 saturated heterocycles. The van der Waals surface area contributed by atoms with E-state index in [1.54, 1.807) is 13.0 Å². The highest BCUT2D eigenvalue weighted by Crippen LogP contribution is 2.17. The normalized spacial score (nSPS) is 13.9. The lowest BCUT2D eigenvalue weighted by molar-refractivity contribution is -0.142. The summed E-state index contributed by atoms with van der Waals surface area (Å²) in [5, 5.41) is 11.6. The molecule has 1 unspecified atom stereocenters. The molecule has 1 rings (SSSR count). The Bertz CT molecular complexity index is 514. The number of carbonyl (C=O) groups is 2. The van der Waals surface area contributed by atoms with E-state index in [0.717, 1.165) is 10.0 Å². The first kappa shape index (κ1) is 16.4. The van der Waals surface area contributed by atoms with Gasteiger partial charge in [-0.25, -0.2) is 4.79 Å². The number of hydrogen-bond acceptors (Lipinski definition) is 2. The number of benzene rings is 1. The molecule has 0 aromatic heterocycles. The molecule has 5 heteroatoms. The smallest absolute Gasteiger partial charge is 0.326 e. The summed E-state index contributed by atoms with van der Waals surface area (Å²) in [5.74, 6) is -1.54. The SMILES string of the molecule is CCC(C)[C@H](NC(=O)/C=C/c1ccccc1Br)C(=O)O. The second-order valence-corrected chi connectivity index (χ2v) is 5.42. The number of carbonyl (C=O) groups excluding carboxylic acids is 1. The Balaban J connectivity index is 2.71. The van der Waals surface area contributed by atoms with E-state index in [1.165, 1.54) is 6.08 Å². The highest BCUT2D eigenvalue weighted by Gasteiger charge is 2.24. The lowest BCUT2D eigenvalue weighted by atomic mass is 9.99. The van der Waals surface area contributed by atoms with Crippen molar-refractivity contribution in [2.24, 2.45) is 5.92 Å². The minimum Gasteiger partial charge on any atom is -0.480 e. The summed E-state index contributed by atoms with van der Waals surface area (Å²) in [6.45, 7) is 3.69. The zero-order valence-electron chi connectivity index (χ0n) is 11.5. The molecule has 20 heavy (non-hydrogen) atoms. The number of carboxylic acid groups (broad SMARTS) is 1. The van der Waals surface area contributed by atoms with E-state index in [-0.39, 0.29) is 5.92 Å². The van der Waals surface area contributed by atoms with E-state index >= 15 is 0 Å². The lowest BCUT2D eigenvalue weighted by Crippen LogP contribution is -2.44. The van der Waals surface area contributed by atoms with Gasteiger partial charge in [0.1, 0.15) is 6.04 Å². The molecule has 1 aromatic rings. The summed E-state index contributed by atoms with van der Waals surface area (Å²) in [5.41, 5.74) is 0.859. The van der Waals surface area contributed by atoms with Crippen molar-refractivity contribution in [3.05, 3.63) is 40.4 Å². The zero-order valence-corrected chi connectivity index (χ0v) is 13.1. The average molecular weight is 340 g/mol. The van der Waals surface area contributed by atoms with Crippen molar-refractivity contribution in [1.29, 1.82) is 0 Å². The molecule has 4 nitrogen and oxygen atoms in total. The molecule has 1 aromatic carbocycles. The predicted molar refractivity (Wildman–Crippen MR) is 82.2 cm³/mol. The van der Waals surface area contributed by atoms with Crippen molar-refractivity contribution in [3.63, 3.8) is 0 Å². The number of aliphatic carboxylic acids is 1. The minimum atomic E-state index is -1.01. The Morgan fingerprint density at radius 2 is 2.05 bits per heavy atom. The molecule has 0 heterocycles. The van der Waals surface area contributed by atoms with Gasteiger partial charge >= 0.3 is 5.97 Å². The highest BCUT2D eigenvalue weighted by atomic mass is 79.9. The van der Waals surface area contributed by atoms with Crippen LogP contribution in [0.5, 0.6) is 0 Å². The molecular formula is C15H18BrNO3. The fourth-order valence-electron chi connectivity index (χ4n) is 1.66. The quantitative estimate of drug-likeness (QED) is 0.782. The van der Waals surface area contributed by atoms with Crippen molar-refractivity contribution < 1.29 is 14.7 Å². The number of carboxylic acids is 1. The van der Waals surface area contributed by atoms with Crippen molar-refractivity contribution in [1.82, 2.24) is 5.32 Å². The van der Waals surface area contributed by atoms with Crippen LogP contribution in [0.15, 0.2) is 34.8 Å². The van der Waals surface area contributed by atoms with E-state index in [4.69, 9.17) is 5.11 Å². The first-order chi connectivity index (χ1) is 9.45. The minimum absolute atomic E-state index is 0.117. The second kappa shape index (κ2) is 7.85. The van der Waals surface area contributed by atoms with E-state index in [1.807, 2.05) is 31.2 Å². The van der Waals surface area contributed by atoms with Gasteiger partial charge in [0.15, 0.2) is 0 Å². The molecule has 2 N–H and O–H groups in total. The van der Waals surface area contributed by atoms with Gasteiger partial charge in [-0.1, -0.05) is 54.4 Å². The molecule has 2 atom stereocenters. The lowest BCUT2D eigenvalue weighted by Gasteiger charge is -2.19. The Labute approximate surface area is 127 Å². The zero-order chi connectivity index (χ0) is 15.1. The molecule has 0 bridgehead atoms. The molecule has 0 aliphatic carbocycles. The van der Waals surface area contributed by atoms with Crippen LogP contribution in [-0.4, -0.2) is 23.0 Å². The summed E-state index contributed by atoms with van der Waals surface area (Å²) in [4.78, 5) is 22.9. The highest BCUT2D eigenvalue weighted by molar-refractivity contribution is 9.10. The first-order valence-corrected chi connectivity index (χ1v) is 7.21. The van der Waals surface area contributed by atoms with Crippen molar-refractivity contribution in [2.75, 3.05) is 0 Å². The number of halogens is 1. The van der Waals surface area contributed by atoms with Crippen LogP contribution in [0.4, 0.5) is 0 Å². The Morgan fingerprint density at radius 3 is 2.60 bits per heavy atom. The standard InChI is InChI=1S/C15H18BrNO3/c1-3-10(2)14(15(19)20)17-13(18)9-8-11-6-4-5-7-12(11)16/h4-10,14H,3H2,1-2H3,(H,17,18)(H,19,20)/b9-8+/t10?,14-/m0/s1. The van der Waals surface area contributed by atoms with Gasteiger partial charge in [-0.2, -0.15) is 0 Å². The third kappa shape index (κ3) is 4.81. The average Bonchev–Trinajstić information content (AvgIpc) is 2.42. The van der Waals surface area contributed by atoms with Gasteiger partial charge < -0.3 is 10.4 Å². The van der Waals surface area contributed by atoms with Crippen LogP contribution in [-0.2, 0) is 9.59 Å². The molecule has 0 saturated carbocycles. The molecule has 0 fully saturated rings. The molecule has 108 valence electrons. The number of amides is 1. The van der Waals surface area contributed by atoms with Crippen molar-refractivity contribution in [2.45, 2.75) is 26.3 Å². The summed E-state index contributed by atoms with van der Waals surface area (Å²) in [7, 11) is 0. The van der Waals surface area contributed by atoms with Crippen LogP contribution >= 0.6 is 15.9 Å². The van der Waals surface area contributed by atoms with Crippen LogP contribution in [0.2, 0.25) is 0 Å². The maximum absolute atomic E-state index is 11.8. The Hall–Kier alpha value is -1.62. The van der Waals surface area contributed by atoms with Gasteiger partial charge in [0.05, 0.1) is 0 Å². The van der Waals surface area contributed by atoms with E-state index in [2.05, 4.69) is 21.2 Å². The summed E-state index contributed by atoms with van der Waals surface area (Å²) in [6.07, 6.45) is 3.68. The third-order valence-corrected chi connectivity index (χ3v) is 3.82. The van der Waals surface area contributed by atoms with Crippen LogP contribution in [0.3, 0.4) is 0 Å². The van der Waals surface area contributed by atoms with Crippen LogP contribution in [0.1, 0.15) is 25.8 Å². The Morgan fingerprint density at radius 1 is 1.40 bits per heavy atom. The Kier molecular flexibility index (Phi) is 6.45. The van der Waals surface area contributed by atoms with Gasteiger partial charge in [-0.3, -0.25) is 4.79 Å². The predicted octanol–water partition coefficient (Wildman–Crippen LogP) is 3.08. The van der Waals surface area contributed by atoms with E-state index < -0.39 is 17.9 Å². The van der Waals surface area contributed by atoms with Crippen LogP contribution in [0.25, 0.3) is 6.08 Å². The number of hydrogen-bond donors (Lipinski definition) is 2. The maximum atomic E-state index is 11.8. The molecule has 0 radical (unpaired) electrons. The monoisotopic (exact) mass is 339 g/mol. The molecule has 0 spiro atoms. The first-order valence-electron chi connectivity index (χ1n) is 6.41. The fraction of sp³-hybridized carbons (Fsp3) is 0.333. The molecule has 1 amide bonds. The largest absolute Gasteiger partial charge is 0.480 e. The molecular weight excluding hydrogens is 322 g/mol. The second-order valence-electron chi connectivity index (χ2n) is 4.56. The van der Waals surface area contributed by atoms with E-state index in [0.29, 0.717) is 6.42 Å². The summed E-state index contributed by atoms with van der Waals surface area (Å²) < 4.78 is 0.876. The van der Waals surface area contributed by atoms with Gasteiger partial charge in [-0.05, 0) is 23.6 Å². The topological polar surface area (TPSA) is 66.4 Å². The molecule has 0 aliphatic rings. The van der Waals surface area contributed by atoms with Gasteiger partial charge in [0, 0.05) is 10.5 Å². The van der Waals surface area contributed by atoms with Crippen LogP contribution in [0, 0.1) is 5.92 Å². The number of nitrogens with one attached hydrogen (secondary N) is 1. The summed E-state index contributed by atoms with van der Waals surface area (Å²) in [6, 6.07) is 6.61. The van der Waals surface area contributed by atoms with Crippen molar-refractivity contribution >= 4 is 33.9 Å². The van der Waals surface area contributed by atoms with Crippen LogP contribution < -0.4 is 5.32 Å². The van der Waals surface area contributed by atoms with Gasteiger partial charge in [-0.15, -0.1) is 0 Å². The van der Waals surface area contributed by atoms with Crippen molar-refractivity contribution in [3.8, 4) is 0 Å².